The minimum absolute atomic E-state index is 0.159. The number of aromatic nitrogens is 1. The first-order valence-corrected chi connectivity index (χ1v) is 7.52. The highest BCUT2D eigenvalue weighted by Crippen LogP contribution is 2.24. The van der Waals surface area contributed by atoms with E-state index in [1.807, 2.05) is 0 Å². The zero-order valence-electron chi connectivity index (χ0n) is 8.55. The van der Waals surface area contributed by atoms with Gasteiger partial charge in [-0.05, 0) is 12.8 Å². The van der Waals surface area contributed by atoms with Crippen LogP contribution in [0.4, 0.5) is 0 Å². The largest absolute Gasteiger partial charge is 0.284 e. The molecule has 0 radical (unpaired) electrons. The number of sulfonamides is 1. The van der Waals surface area contributed by atoms with Gasteiger partial charge in [-0.2, -0.15) is 0 Å². The molecule has 0 aromatic carbocycles. The van der Waals surface area contributed by atoms with E-state index in [0.717, 1.165) is 12.8 Å². The van der Waals surface area contributed by atoms with Crippen molar-refractivity contribution in [2.24, 2.45) is 0 Å². The Bertz CT molecular complexity index is 461. The van der Waals surface area contributed by atoms with Crippen molar-refractivity contribution in [3.63, 3.8) is 0 Å². The fraction of sp³-hybridized carbons (Fsp3) is 0.556. The van der Waals surface area contributed by atoms with Crippen LogP contribution in [0.2, 0.25) is 0 Å². The molecule has 1 aliphatic rings. The number of nitrogens with one attached hydrogen (secondary N) is 1. The van der Waals surface area contributed by atoms with Crippen LogP contribution in [-0.4, -0.2) is 24.6 Å². The molecule has 0 atom stereocenters. The van der Waals surface area contributed by atoms with Crippen LogP contribution in [0, 0.1) is 0 Å². The molecule has 0 spiro atoms. The Hall–Kier alpha value is -0.950. The van der Waals surface area contributed by atoms with Crippen molar-refractivity contribution in [1.29, 1.82) is 0 Å². The monoisotopic (exact) mass is 260 g/mol. The molecule has 1 heterocycles. The second-order valence-corrected chi connectivity index (χ2v) is 6.44. The van der Waals surface area contributed by atoms with E-state index in [-0.39, 0.29) is 5.69 Å². The maximum Gasteiger partial charge on any atom is 0.284 e. The Labute approximate surface area is 97.9 Å². The molecule has 1 aromatic heterocycles. The Kier molecular flexibility index (Phi) is 3.25. The summed E-state index contributed by atoms with van der Waals surface area (Å²) < 4.78 is 25.6. The van der Waals surface area contributed by atoms with Crippen LogP contribution in [0.1, 0.15) is 36.2 Å². The van der Waals surface area contributed by atoms with Crippen LogP contribution in [0.5, 0.6) is 0 Å². The van der Waals surface area contributed by atoms with E-state index in [1.165, 1.54) is 22.2 Å². The summed E-state index contributed by atoms with van der Waals surface area (Å²) in [5.74, 6) is -0.631. The summed E-state index contributed by atoms with van der Waals surface area (Å²) in [5, 5.41) is 1.11. The summed E-state index contributed by atoms with van der Waals surface area (Å²) in [6.45, 7) is 0. The van der Waals surface area contributed by atoms with Gasteiger partial charge in [-0.1, -0.05) is 12.8 Å². The highest BCUT2D eigenvalue weighted by Gasteiger charge is 2.30. The van der Waals surface area contributed by atoms with E-state index in [0.29, 0.717) is 12.8 Å². The van der Waals surface area contributed by atoms with Crippen molar-refractivity contribution in [2.75, 3.05) is 0 Å². The molecular formula is C9H12N2O3S2. The Morgan fingerprint density at radius 1 is 1.44 bits per heavy atom. The van der Waals surface area contributed by atoms with Gasteiger partial charge < -0.3 is 0 Å². The van der Waals surface area contributed by atoms with E-state index in [1.54, 1.807) is 0 Å². The van der Waals surface area contributed by atoms with Gasteiger partial charge in [0.1, 0.15) is 5.69 Å². The average Bonchev–Trinajstić information content (AvgIpc) is 2.91. The van der Waals surface area contributed by atoms with Crippen LogP contribution in [0.3, 0.4) is 0 Å². The maximum absolute atomic E-state index is 11.8. The number of hydrogen-bond donors (Lipinski definition) is 1. The SMILES string of the molecule is O=C(NS(=O)(=O)C1CCCC1)c1cscn1. The van der Waals surface area contributed by atoms with Crippen molar-refractivity contribution in [3.05, 3.63) is 16.6 Å². The van der Waals surface area contributed by atoms with Crippen molar-refractivity contribution in [2.45, 2.75) is 30.9 Å². The molecule has 5 nitrogen and oxygen atoms in total. The van der Waals surface area contributed by atoms with E-state index in [9.17, 15) is 13.2 Å². The molecule has 16 heavy (non-hydrogen) atoms. The van der Waals surface area contributed by atoms with Gasteiger partial charge in [-0.25, -0.2) is 18.1 Å². The first-order chi connectivity index (χ1) is 7.59. The van der Waals surface area contributed by atoms with Crippen LogP contribution >= 0.6 is 11.3 Å². The zero-order chi connectivity index (χ0) is 11.6. The lowest BCUT2D eigenvalue weighted by Crippen LogP contribution is -2.37. The maximum atomic E-state index is 11.8. The number of rotatable bonds is 3. The molecule has 88 valence electrons. The fourth-order valence-corrected chi connectivity index (χ4v) is 3.80. The molecule has 0 aliphatic heterocycles. The van der Waals surface area contributed by atoms with E-state index in [4.69, 9.17) is 0 Å². The van der Waals surface area contributed by atoms with Gasteiger partial charge in [0.25, 0.3) is 5.91 Å². The summed E-state index contributed by atoms with van der Waals surface area (Å²) in [5.41, 5.74) is 1.66. The summed E-state index contributed by atoms with van der Waals surface area (Å²) in [7, 11) is -3.52. The lowest BCUT2D eigenvalue weighted by molar-refractivity contribution is 0.0977. The molecule has 1 saturated carbocycles. The molecule has 7 heteroatoms. The van der Waals surface area contributed by atoms with Gasteiger partial charge in [0, 0.05) is 5.38 Å². The van der Waals surface area contributed by atoms with Gasteiger partial charge in [0.2, 0.25) is 10.0 Å². The van der Waals surface area contributed by atoms with Crippen LogP contribution in [0.25, 0.3) is 0 Å². The third-order valence-corrected chi connectivity index (χ3v) is 5.05. The smallest absolute Gasteiger partial charge is 0.266 e. The molecule has 1 amide bonds. The average molecular weight is 260 g/mol. The predicted molar refractivity (Wildman–Crippen MR) is 60.8 cm³/mol. The summed E-state index contributed by atoms with van der Waals surface area (Å²) >= 11 is 1.26. The third-order valence-electron chi connectivity index (χ3n) is 2.64. The highest BCUT2D eigenvalue weighted by atomic mass is 32.2. The number of hydrogen-bond acceptors (Lipinski definition) is 5. The lowest BCUT2D eigenvalue weighted by Gasteiger charge is -2.11. The van der Waals surface area contributed by atoms with E-state index >= 15 is 0 Å². The Morgan fingerprint density at radius 3 is 2.69 bits per heavy atom. The first-order valence-electron chi connectivity index (χ1n) is 5.04. The summed E-state index contributed by atoms with van der Waals surface area (Å²) in [6.07, 6.45) is 3.10. The number of thiazole rings is 1. The van der Waals surface area contributed by atoms with Crippen molar-refractivity contribution in [1.82, 2.24) is 9.71 Å². The van der Waals surface area contributed by atoms with Gasteiger partial charge in [-0.3, -0.25) is 4.79 Å². The summed E-state index contributed by atoms with van der Waals surface area (Å²) in [4.78, 5) is 15.3. The number of amides is 1. The highest BCUT2D eigenvalue weighted by molar-refractivity contribution is 7.90. The number of carbonyl (C=O) groups is 1. The minimum Gasteiger partial charge on any atom is -0.266 e. The predicted octanol–water partition coefficient (Wildman–Crippen LogP) is 1.15. The minimum atomic E-state index is -3.52. The van der Waals surface area contributed by atoms with Gasteiger partial charge in [0.05, 0.1) is 10.8 Å². The standard InChI is InChI=1S/C9H12N2O3S2/c12-9(8-5-15-6-10-8)11-16(13,14)7-3-1-2-4-7/h5-7H,1-4H2,(H,11,12). The zero-order valence-corrected chi connectivity index (χ0v) is 10.2. The molecular weight excluding hydrogens is 248 g/mol. The topological polar surface area (TPSA) is 76.1 Å². The molecule has 1 aromatic rings. The number of carbonyl (C=O) groups excluding carboxylic acids is 1. The van der Waals surface area contributed by atoms with Crippen LogP contribution in [-0.2, 0) is 10.0 Å². The molecule has 0 saturated heterocycles. The van der Waals surface area contributed by atoms with Crippen LogP contribution < -0.4 is 4.72 Å². The molecule has 2 rings (SSSR count). The number of nitrogens with zero attached hydrogens (tertiary/aromatic N) is 1. The Balaban J connectivity index is 2.06. The third kappa shape index (κ3) is 2.41. The van der Waals surface area contributed by atoms with Gasteiger partial charge in [-0.15, -0.1) is 11.3 Å². The van der Waals surface area contributed by atoms with E-state index in [2.05, 4.69) is 9.71 Å². The quantitative estimate of drug-likeness (QED) is 0.884. The second-order valence-electron chi connectivity index (χ2n) is 3.76. The Morgan fingerprint density at radius 2 is 2.12 bits per heavy atom. The first kappa shape index (κ1) is 11.5. The van der Waals surface area contributed by atoms with Crippen molar-refractivity contribution >= 4 is 27.3 Å². The van der Waals surface area contributed by atoms with Gasteiger partial charge >= 0.3 is 0 Å². The second kappa shape index (κ2) is 4.50. The molecule has 1 fully saturated rings. The normalized spacial score (nSPS) is 17.5. The summed E-state index contributed by atoms with van der Waals surface area (Å²) in [6, 6.07) is 0. The van der Waals surface area contributed by atoms with Crippen LogP contribution in [0.15, 0.2) is 10.9 Å². The van der Waals surface area contributed by atoms with Gasteiger partial charge in [0.15, 0.2) is 0 Å². The molecule has 0 bridgehead atoms. The van der Waals surface area contributed by atoms with Crippen molar-refractivity contribution < 1.29 is 13.2 Å². The lowest BCUT2D eigenvalue weighted by atomic mass is 10.4. The molecule has 0 unspecified atom stereocenters. The fourth-order valence-electron chi connectivity index (χ4n) is 1.79. The molecule has 1 aliphatic carbocycles. The van der Waals surface area contributed by atoms with E-state index < -0.39 is 21.2 Å². The van der Waals surface area contributed by atoms with Crippen molar-refractivity contribution in [3.8, 4) is 0 Å². The molecule has 1 N–H and O–H groups in total.